The molecule has 2 aromatic carbocycles. The van der Waals surface area contributed by atoms with Gasteiger partial charge in [-0.2, -0.15) is 13.2 Å². The number of carbonyl (C=O) groups excluding carboxylic acids is 1. The third kappa shape index (κ3) is 6.49. The quantitative estimate of drug-likeness (QED) is 0.380. The van der Waals surface area contributed by atoms with Crippen molar-refractivity contribution in [3.05, 3.63) is 77.6 Å². The summed E-state index contributed by atoms with van der Waals surface area (Å²) in [6.07, 6.45) is 0.587. The van der Waals surface area contributed by atoms with Crippen molar-refractivity contribution in [2.75, 3.05) is 0 Å². The van der Waals surface area contributed by atoms with Crippen molar-refractivity contribution in [1.82, 2.24) is 10.0 Å². The van der Waals surface area contributed by atoms with Crippen molar-refractivity contribution < 1.29 is 30.8 Å². The summed E-state index contributed by atoms with van der Waals surface area (Å²) in [5, 5.41) is 2.97. The fourth-order valence-corrected chi connectivity index (χ4v) is 5.63. The molecule has 1 aliphatic rings. The summed E-state index contributed by atoms with van der Waals surface area (Å²) in [4.78, 5) is 13.0. The molecule has 1 aliphatic carbocycles. The van der Waals surface area contributed by atoms with Gasteiger partial charge in [-0.1, -0.05) is 24.3 Å². The van der Waals surface area contributed by atoms with E-state index in [9.17, 15) is 30.8 Å². The molecule has 1 fully saturated rings. The Morgan fingerprint density at radius 1 is 1.06 bits per heavy atom. The standard InChI is InChI=1S/C25H28F4N2O3S/c1-3-14-24(23(32)30-17(2)18-4-8-20(26)9-5-18)15-12-21(13-16-24)31-35(33,34)22-10-6-19(7-11-22)25(27,28)29/h3-11,14,17,21,31H,12-13,15-16H2,1-2H3,(H,30,32)/b14-3+/t17-,21?,24?/m1/s1. The lowest BCUT2D eigenvalue weighted by Gasteiger charge is -2.37. The number of benzene rings is 2. The van der Waals surface area contributed by atoms with E-state index < -0.39 is 33.2 Å². The van der Waals surface area contributed by atoms with Gasteiger partial charge in [-0.25, -0.2) is 17.5 Å². The van der Waals surface area contributed by atoms with Gasteiger partial charge >= 0.3 is 6.18 Å². The van der Waals surface area contributed by atoms with Gasteiger partial charge in [-0.05, 0) is 81.5 Å². The molecule has 2 N–H and O–H groups in total. The monoisotopic (exact) mass is 512 g/mol. The molecule has 0 saturated heterocycles. The van der Waals surface area contributed by atoms with Gasteiger partial charge in [0.1, 0.15) is 5.82 Å². The summed E-state index contributed by atoms with van der Waals surface area (Å²) in [7, 11) is -4.02. The predicted molar refractivity (Wildman–Crippen MR) is 124 cm³/mol. The fraction of sp³-hybridized carbons (Fsp3) is 0.400. The molecule has 0 bridgehead atoms. The number of sulfonamides is 1. The van der Waals surface area contributed by atoms with Gasteiger partial charge < -0.3 is 5.32 Å². The highest BCUT2D eigenvalue weighted by Crippen LogP contribution is 2.39. The van der Waals surface area contributed by atoms with Crippen molar-refractivity contribution in [3.63, 3.8) is 0 Å². The third-order valence-corrected chi connectivity index (χ3v) is 7.88. The van der Waals surface area contributed by atoms with E-state index in [0.717, 1.165) is 29.8 Å². The van der Waals surface area contributed by atoms with Crippen molar-refractivity contribution in [3.8, 4) is 0 Å². The van der Waals surface area contributed by atoms with Gasteiger partial charge in [0.15, 0.2) is 0 Å². The molecule has 5 nitrogen and oxygen atoms in total. The first-order valence-electron chi connectivity index (χ1n) is 11.3. The van der Waals surface area contributed by atoms with Crippen molar-refractivity contribution >= 4 is 15.9 Å². The highest BCUT2D eigenvalue weighted by atomic mass is 32.2. The van der Waals surface area contributed by atoms with E-state index in [2.05, 4.69) is 10.0 Å². The predicted octanol–water partition coefficient (Wildman–Crippen LogP) is 5.51. The average Bonchev–Trinajstić information content (AvgIpc) is 2.80. The topological polar surface area (TPSA) is 75.3 Å². The second-order valence-corrected chi connectivity index (χ2v) is 10.5. The molecule has 0 aromatic heterocycles. The van der Waals surface area contributed by atoms with Crippen LogP contribution in [0.3, 0.4) is 0 Å². The second kappa shape index (κ2) is 10.5. The maximum absolute atomic E-state index is 13.2. The third-order valence-electron chi connectivity index (χ3n) is 6.35. The van der Waals surface area contributed by atoms with Crippen LogP contribution in [0.25, 0.3) is 0 Å². The molecule has 0 unspecified atom stereocenters. The first kappa shape index (κ1) is 26.9. The molecule has 0 aliphatic heterocycles. The number of nitrogens with one attached hydrogen (secondary N) is 2. The minimum Gasteiger partial charge on any atom is -0.349 e. The molecule has 1 saturated carbocycles. The van der Waals surface area contributed by atoms with Gasteiger partial charge in [-0.15, -0.1) is 0 Å². The van der Waals surface area contributed by atoms with E-state index in [1.165, 1.54) is 12.1 Å². The molecule has 3 rings (SSSR count). The lowest BCUT2D eigenvalue weighted by atomic mass is 9.71. The maximum atomic E-state index is 13.2. The van der Waals surface area contributed by atoms with Gasteiger partial charge in [0.2, 0.25) is 15.9 Å². The zero-order valence-electron chi connectivity index (χ0n) is 19.4. The molecular weight excluding hydrogens is 484 g/mol. The Bertz CT molecular complexity index is 1150. The van der Waals surface area contributed by atoms with Gasteiger partial charge in [-0.3, -0.25) is 4.79 Å². The highest BCUT2D eigenvalue weighted by molar-refractivity contribution is 7.89. The number of rotatable bonds is 7. The molecule has 0 spiro atoms. The SMILES string of the molecule is C/C=C/C1(C(=O)N[C@H](C)c2ccc(F)cc2)CCC(NS(=O)(=O)c2ccc(C(F)(F)F)cc2)CC1. The Labute approximate surface area is 202 Å². The average molecular weight is 513 g/mol. The Morgan fingerprint density at radius 2 is 1.63 bits per heavy atom. The summed E-state index contributed by atoms with van der Waals surface area (Å²) in [5.74, 6) is -0.564. The number of allylic oxidation sites excluding steroid dienone is 1. The summed E-state index contributed by atoms with van der Waals surface area (Å²) in [6.45, 7) is 3.61. The largest absolute Gasteiger partial charge is 0.416 e. The molecule has 0 radical (unpaired) electrons. The Balaban J connectivity index is 1.66. The minimum absolute atomic E-state index is 0.198. The molecule has 2 aromatic rings. The Morgan fingerprint density at radius 3 is 2.14 bits per heavy atom. The van der Waals surface area contributed by atoms with Gasteiger partial charge in [0.05, 0.1) is 21.9 Å². The maximum Gasteiger partial charge on any atom is 0.416 e. The normalized spacial score (nSPS) is 22.2. The molecule has 0 heterocycles. The summed E-state index contributed by atoms with van der Waals surface area (Å²) >= 11 is 0. The highest BCUT2D eigenvalue weighted by Gasteiger charge is 2.41. The smallest absolute Gasteiger partial charge is 0.349 e. The molecule has 10 heteroatoms. The first-order chi connectivity index (χ1) is 16.4. The van der Waals surface area contributed by atoms with E-state index in [1.54, 1.807) is 32.1 Å². The van der Waals surface area contributed by atoms with Crippen LogP contribution in [0, 0.1) is 11.2 Å². The molecule has 190 valence electrons. The number of hydrogen-bond donors (Lipinski definition) is 2. The molecular formula is C25H28F4N2O3S. The Hall–Kier alpha value is -2.72. The van der Waals surface area contributed by atoms with Crippen LogP contribution >= 0.6 is 0 Å². The summed E-state index contributed by atoms with van der Waals surface area (Å²) in [6, 6.07) is 8.40. The van der Waals surface area contributed by atoms with Crippen molar-refractivity contribution in [1.29, 1.82) is 0 Å². The molecule has 1 atom stereocenters. The van der Waals surface area contributed by atoms with Crippen LogP contribution in [0.1, 0.15) is 56.7 Å². The van der Waals surface area contributed by atoms with E-state index >= 15 is 0 Å². The van der Waals surface area contributed by atoms with Crippen LogP contribution in [0.15, 0.2) is 65.6 Å². The van der Waals surface area contributed by atoms with E-state index in [1.807, 2.05) is 6.08 Å². The minimum atomic E-state index is -4.55. The van der Waals surface area contributed by atoms with Crippen LogP contribution < -0.4 is 10.0 Å². The zero-order valence-corrected chi connectivity index (χ0v) is 20.2. The Kier molecular flexibility index (Phi) is 8.06. The van der Waals surface area contributed by atoms with Crippen molar-refractivity contribution in [2.24, 2.45) is 5.41 Å². The molecule has 35 heavy (non-hydrogen) atoms. The number of amides is 1. The first-order valence-corrected chi connectivity index (χ1v) is 12.7. The summed E-state index contributed by atoms with van der Waals surface area (Å²) in [5.41, 5.74) is -0.987. The van der Waals surface area contributed by atoms with Gasteiger partial charge in [0.25, 0.3) is 0 Å². The van der Waals surface area contributed by atoms with Gasteiger partial charge in [0, 0.05) is 6.04 Å². The van der Waals surface area contributed by atoms with E-state index in [-0.39, 0.29) is 22.7 Å². The fourth-order valence-electron chi connectivity index (χ4n) is 4.32. The summed E-state index contributed by atoms with van der Waals surface area (Å²) < 4.78 is 79.4. The molecule has 1 amide bonds. The van der Waals surface area contributed by atoms with E-state index in [0.29, 0.717) is 25.7 Å². The van der Waals surface area contributed by atoms with Crippen LogP contribution in [0.5, 0.6) is 0 Å². The number of carbonyl (C=O) groups is 1. The number of hydrogen-bond acceptors (Lipinski definition) is 3. The van der Waals surface area contributed by atoms with E-state index in [4.69, 9.17) is 0 Å². The van der Waals surface area contributed by atoms with Crippen molar-refractivity contribution in [2.45, 2.75) is 62.7 Å². The second-order valence-electron chi connectivity index (χ2n) is 8.82. The lowest BCUT2D eigenvalue weighted by Crippen LogP contribution is -2.47. The van der Waals surface area contributed by atoms with Crippen LogP contribution in [-0.4, -0.2) is 20.4 Å². The number of alkyl halides is 3. The van der Waals surface area contributed by atoms with Crippen LogP contribution in [0.2, 0.25) is 0 Å². The lowest BCUT2D eigenvalue weighted by molar-refractivity contribution is -0.137. The number of halogens is 4. The zero-order chi connectivity index (χ0) is 25.9. The van der Waals surface area contributed by atoms with Crippen LogP contribution in [-0.2, 0) is 21.0 Å². The van der Waals surface area contributed by atoms with Crippen LogP contribution in [0.4, 0.5) is 17.6 Å².